The van der Waals surface area contributed by atoms with Gasteiger partial charge in [-0.3, -0.25) is 4.79 Å². The highest BCUT2D eigenvalue weighted by Gasteiger charge is 2.06. The van der Waals surface area contributed by atoms with Crippen molar-refractivity contribution in [2.75, 3.05) is 5.73 Å². The molecule has 0 aliphatic heterocycles. The molecule has 0 amide bonds. The molecule has 4 heteroatoms. The number of aromatic amines is 1. The maximum atomic E-state index is 11.2. The molecule has 0 saturated carbocycles. The molecular formula is C15H12N2OS. The molecule has 0 unspecified atom stereocenters. The molecule has 2 aromatic carbocycles. The molecule has 0 fully saturated rings. The van der Waals surface area contributed by atoms with Crippen molar-refractivity contribution in [3.05, 3.63) is 54.2 Å². The summed E-state index contributed by atoms with van der Waals surface area (Å²) >= 11 is 3.82. The summed E-state index contributed by atoms with van der Waals surface area (Å²) in [5, 5.41) is 0.733. The second kappa shape index (κ2) is 4.48. The fourth-order valence-electron chi connectivity index (χ4n) is 2.10. The lowest BCUT2D eigenvalue weighted by Crippen LogP contribution is -1.86. The maximum Gasteiger partial charge on any atom is 0.232 e. The molecule has 19 heavy (non-hydrogen) atoms. The monoisotopic (exact) mass is 268 g/mol. The number of fused-ring (bicyclic) bond motifs is 1. The maximum absolute atomic E-state index is 11.2. The molecule has 3 nitrogen and oxygen atoms in total. The highest BCUT2D eigenvalue weighted by atomic mass is 32.1. The minimum absolute atomic E-state index is 0.259. The fraction of sp³-hybridized carbons (Fsp3) is 0. The van der Waals surface area contributed by atoms with Crippen LogP contribution in [0.1, 0.15) is 10.5 Å². The van der Waals surface area contributed by atoms with Gasteiger partial charge in [-0.25, -0.2) is 0 Å². The zero-order valence-corrected chi connectivity index (χ0v) is 10.9. The number of H-pyrrole nitrogens is 1. The number of rotatable bonds is 2. The molecule has 3 N–H and O–H groups in total. The second-order valence-electron chi connectivity index (χ2n) is 4.41. The zero-order valence-electron chi connectivity index (χ0n) is 10.1. The van der Waals surface area contributed by atoms with Gasteiger partial charge in [-0.15, -0.1) is 0 Å². The number of carbonyl (C=O) groups is 1. The van der Waals surface area contributed by atoms with Gasteiger partial charge >= 0.3 is 0 Å². The number of nitrogen functional groups attached to an aromatic ring is 1. The van der Waals surface area contributed by atoms with Gasteiger partial charge in [0.15, 0.2) is 0 Å². The van der Waals surface area contributed by atoms with Crippen molar-refractivity contribution < 1.29 is 4.79 Å². The van der Waals surface area contributed by atoms with E-state index < -0.39 is 0 Å². The van der Waals surface area contributed by atoms with Crippen LogP contribution in [-0.2, 0) is 0 Å². The summed E-state index contributed by atoms with van der Waals surface area (Å²) in [6.45, 7) is 0. The average molecular weight is 268 g/mol. The van der Waals surface area contributed by atoms with Crippen LogP contribution >= 0.6 is 12.6 Å². The Bertz CT molecular complexity index is 759. The number of nitrogens with two attached hydrogens (primary N) is 1. The summed E-state index contributed by atoms with van der Waals surface area (Å²) in [4.78, 5) is 14.3. The highest BCUT2D eigenvalue weighted by Crippen LogP contribution is 2.25. The van der Waals surface area contributed by atoms with Crippen LogP contribution in [-0.4, -0.2) is 10.1 Å². The predicted octanol–water partition coefficient (Wildman–Crippen LogP) is 3.49. The van der Waals surface area contributed by atoms with Crippen LogP contribution in [0.4, 0.5) is 5.69 Å². The van der Waals surface area contributed by atoms with Gasteiger partial charge in [-0.05, 0) is 41.5 Å². The van der Waals surface area contributed by atoms with Crippen molar-refractivity contribution in [1.82, 2.24) is 4.98 Å². The van der Waals surface area contributed by atoms with Crippen molar-refractivity contribution in [2.45, 2.75) is 0 Å². The van der Waals surface area contributed by atoms with Crippen LogP contribution in [0, 0.1) is 0 Å². The molecule has 1 heterocycles. The van der Waals surface area contributed by atoms with E-state index >= 15 is 0 Å². The quantitative estimate of drug-likeness (QED) is 0.492. The van der Waals surface area contributed by atoms with E-state index in [-0.39, 0.29) is 5.12 Å². The van der Waals surface area contributed by atoms with E-state index in [9.17, 15) is 4.79 Å². The Hall–Kier alpha value is -2.20. The first kappa shape index (κ1) is 11.9. The topological polar surface area (TPSA) is 58.9 Å². The summed E-state index contributed by atoms with van der Waals surface area (Å²) in [5.74, 6) is 0. The van der Waals surface area contributed by atoms with Gasteiger partial charge in [0.2, 0.25) is 5.12 Å². The van der Waals surface area contributed by atoms with E-state index in [4.69, 9.17) is 5.73 Å². The van der Waals surface area contributed by atoms with E-state index in [1.54, 1.807) is 0 Å². The number of benzene rings is 2. The number of hydrogen-bond acceptors (Lipinski definition) is 2. The smallest absolute Gasteiger partial charge is 0.232 e. The number of nitrogens with one attached hydrogen (secondary N) is 1. The van der Waals surface area contributed by atoms with E-state index in [1.807, 2.05) is 48.5 Å². The van der Waals surface area contributed by atoms with Gasteiger partial charge in [-0.1, -0.05) is 30.8 Å². The number of thiol groups is 1. The highest BCUT2D eigenvalue weighted by molar-refractivity contribution is 7.97. The zero-order chi connectivity index (χ0) is 13.4. The number of anilines is 1. The molecule has 0 aliphatic rings. The number of aromatic nitrogens is 1. The number of carbonyl (C=O) groups excluding carboxylic acids is 1. The third-order valence-electron chi connectivity index (χ3n) is 3.10. The van der Waals surface area contributed by atoms with Crippen LogP contribution < -0.4 is 5.73 Å². The van der Waals surface area contributed by atoms with Gasteiger partial charge in [0.1, 0.15) is 0 Å². The molecular weight excluding hydrogens is 256 g/mol. The fourth-order valence-corrected chi connectivity index (χ4v) is 2.22. The molecule has 0 spiro atoms. The largest absolute Gasteiger partial charge is 0.399 e. The molecule has 0 bridgehead atoms. The van der Waals surface area contributed by atoms with Crippen molar-refractivity contribution >= 4 is 34.3 Å². The van der Waals surface area contributed by atoms with Crippen molar-refractivity contribution in [3.63, 3.8) is 0 Å². The SMILES string of the molecule is Nc1ccc(-c2ccc3[nH]c(C(=O)S)cc3c2)cc1. The van der Waals surface area contributed by atoms with Crippen molar-refractivity contribution in [2.24, 2.45) is 0 Å². The first-order valence-electron chi connectivity index (χ1n) is 5.85. The minimum Gasteiger partial charge on any atom is -0.399 e. The summed E-state index contributed by atoms with van der Waals surface area (Å²) in [7, 11) is 0. The van der Waals surface area contributed by atoms with Gasteiger partial charge in [0.25, 0.3) is 0 Å². The second-order valence-corrected chi connectivity index (χ2v) is 4.82. The normalized spacial score (nSPS) is 10.8. The lowest BCUT2D eigenvalue weighted by molar-refractivity contribution is 0.108. The third kappa shape index (κ3) is 2.22. The summed E-state index contributed by atoms with van der Waals surface area (Å²) < 4.78 is 0. The van der Waals surface area contributed by atoms with E-state index in [1.165, 1.54) is 0 Å². The lowest BCUT2D eigenvalue weighted by atomic mass is 10.0. The standard InChI is InChI=1S/C15H12N2OS/c16-12-4-1-9(2-5-12)10-3-6-13-11(7-10)8-14(17-13)15(18)19/h1-8,17H,16H2,(H,18,19). The molecule has 3 aromatic rings. The van der Waals surface area contributed by atoms with Gasteiger partial charge in [0, 0.05) is 16.6 Å². The summed E-state index contributed by atoms with van der Waals surface area (Å²) in [5.41, 5.74) is 10.0. The van der Waals surface area contributed by atoms with Crippen LogP contribution in [0.15, 0.2) is 48.5 Å². The van der Waals surface area contributed by atoms with Gasteiger partial charge in [0.05, 0.1) is 5.69 Å². The molecule has 94 valence electrons. The molecule has 3 rings (SSSR count). The van der Waals surface area contributed by atoms with E-state index in [0.29, 0.717) is 5.69 Å². The van der Waals surface area contributed by atoms with Crippen LogP contribution in [0.3, 0.4) is 0 Å². The molecule has 0 saturated heterocycles. The summed E-state index contributed by atoms with van der Waals surface area (Å²) in [6.07, 6.45) is 0. The Morgan fingerprint density at radius 3 is 2.37 bits per heavy atom. The Kier molecular flexibility index (Phi) is 2.80. The van der Waals surface area contributed by atoms with Gasteiger partial charge in [-0.2, -0.15) is 0 Å². The molecule has 0 aliphatic carbocycles. The van der Waals surface area contributed by atoms with Gasteiger partial charge < -0.3 is 10.7 Å². The lowest BCUT2D eigenvalue weighted by Gasteiger charge is -2.02. The van der Waals surface area contributed by atoms with E-state index in [0.717, 1.165) is 27.7 Å². The predicted molar refractivity (Wildman–Crippen MR) is 81.5 cm³/mol. The van der Waals surface area contributed by atoms with Crippen molar-refractivity contribution in [1.29, 1.82) is 0 Å². The first-order valence-corrected chi connectivity index (χ1v) is 6.30. The Labute approximate surface area is 115 Å². The van der Waals surface area contributed by atoms with Crippen molar-refractivity contribution in [3.8, 4) is 11.1 Å². The first-order chi connectivity index (χ1) is 9.13. The Morgan fingerprint density at radius 2 is 1.68 bits per heavy atom. The molecule has 0 atom stereocenters. The molecule has 1 aromatic heterocycles. The van der Waals surface area contributed by atoms with Crippen LogP contribution in [0.5, 0.6) is 0 Å². The average Bonchev–Trinajstić information content (AvgIpc) is 2.82. The molecule has 0 radical (unpaired) electrons. The Balaban J connectivity index is 2.10. The summed E-state index contributed by atoms with van der Waals surface area (Å²) in [6, 6.07) is 15.5. The van der Waals surface area contributed by atoms with E-state index in [2.05, 4.69) is 17.6 Å². The Morgan fingerprint density at radius 1 is 1.00 bits per heavy atom. The number of hydrogen-bond donors (Lipinski definition) is 3. The van der Waals surface area contributed by atoms with Crippen LogP contribution in [0.25, 0.3) is 22.0 Å². The van der Waals surface area contributed by atoms with Crippen LogP contribution in [0.2, 0.25) is 0 Å². The minimum atomic E-state index is -0.259. The third-order valence-corrected chi connectivity index (χ3v) is 3.34.